The number of phenols is 1. The van der Waals surface area contributed by atoms with Crippen molar-refractivity contribution >= 4 is 16.5 Å². The van der Waals surface area contributed by atoms with Crippen LogP contribution >= 0.6 is 0 Å². The van der Waals surface area contributed by atoms with Crippen molar-refractivity contribution in [2.45, 2.75) is 51.1 Å². The van der Waals surface area contributed by atoms with Gasteiger partial charge in [0.15, 0.2) is 5.82 Å². The highest BCUT2D eigenvalue weighted by atomic mass is 16.3. The number of phenolic OH excluding ortho intramolecular Hbond substituents is 1. The van der Waals surface area contributed by atoms with Gasteiger partial charge in [0.25, 0.3) is 0 Å². The van der Waals surface area contributed by atoms with Crippen LogP contribution in [0.15, 0.2) is 48.7 Å². The molecule has 6 rings (SSSR count). The molecule has 32 heavy (non-hydrogen) atoms. The van der Waals surface area contributed by atoms with Crippen LogP contribution in [0.4, 0.5) is 0 Å². The number of nitrogens with one attached hydrogen (secondary N) is 3. The molecule has 2 aromatic carbocycles. The Hall–Kier alpha value is -3.38. The highest BCUT2D eigenvalue weighted by Gasteiger charge is 2.27. The number of hydrogen-bond acceptors (Lipinski definition) is 4. The molecule has 0 aliphatic carbocycles. The Morgan fingerprint density at radius 2 is 2.06 bits per heavy atom. The molecule has 1 fully saturated rings. The third-order valence-electron chi connectivity index (χ3n) is 6.86. The van der Waals surface area contributed by atoms with E-state index in [1.807, 2.05) is 18.3 Å². The van der Waals surface area contributed by atoms with Gasteiger partial charge in [0.2, 0.25) is 0 Å². The highest BCUT2D eigenvalue weighted by Crippen LogP contribution is 2.34. The molecular formula is C26H27N5O. The quantitative estimate of drug-likeness (QED) is 0.362. The van der Waals surface area contributed by atoms with Crippen LogP contribution in [-0.4, -0.2) is 37.4 Å². The Labute approximate surface area is 186 Å². The Bertz CT molecular complexity index is 1330. The molecule has 0 spiro atoms. The van der Waals surface area contributed by atoms with Crippen molar-refractivity contribution in [3.05, 3.63) is 59.9 Å². The van der Waals surface area contributed by atoms with Gasteiger partial charge in [-0.15, -0.1) is 0 Å². The fourth-order valence-corrected chi connectivity index (χ4v) is 5.24. The Balaban J connectivity index is 1.34. The van der Waals surface area contributed by atoms with E-state index in [0.29, 0.717) is 17.8 Å². The lowest BCUT2D eigenvalue weighted by Crippen LogP contribution is -2.44. The second kappa shape index (κ2) is 7.64. The van der Waals surface area contributed by atoms with E-state index in [0.717, 1.165) is 57.6 Å². The molecule has 2 atom stereocenters. The van der Waals surface area contributed by atoms with Gasteiger partial charge in [-0.1, -0.05) is 31.6 Å². The van der Waals surface area contributed by atoms with Gasteiger partial charge in [0.1, 0.15) is 11.4 Å². The molecule has 0 saturated carbocycles. The normalized spacial score (nSPS) is 20.5. The van der Waals surface area contributed by atoms with Crippen molar-refractivity contribution < 1.29 is 5.11 Å². The fraction of sp³-hybridized carbons (Fsp3) is 0.308. The molecule has 1 saturated heterocycles. The number of benzene rings is 2. The van der Waals surface area contributed by atoms with E-state index in [-0.39, 0.29) is 0 Å². The SMILES string of the molecule is CCc1cc(O)ccc1-c1ccc2c(-c3nc(C4=CC5CCCC(C4)N5)c[nH]3)n[nH]c2c1. The summed E-state index contributed by atoms with van der Waals surface area (Å²) in [4.78, 5) is 8.26. The van der Waals surface area contributed by atoms with Crippen LogP contribution in [0.2, 0.25) is 0 Å². The predicted octanol–water partition coefficient (Wildman–Crippen LogP) is 5.19. The summed E-state index contributed by atoms with van der Waals surface area (Å²) in [5, 5.41) is 22.3. The van der Waals surface area contributed by atoms with Crippen LogP contribution in [0.25, 0.3) is 39.1 Å². The van der Waals surface area contributed by atoms with Crippen LogP contribution in [0.1, 0.15) is 43.9 Å². The summed E-state index contributed by atoms with van der Waals surface area (Å²) < 4.78 is 0. The summed E-state index contributed by atoms with van der Waals surface area (Å²) in [5.74, 6) is 1.10. The summed E-state index contributed by atoms with van der Waals surface area (Å²) in [6, 6.07) is 13.0. The minimum Gasteiger partial charge on any atom is -0.508 e. The van der Waals surface area contributed by atoms with Crippen LogP contribution in [-0.2, 0) is 6.42 Å². The van der Waals surface area contributed by atoms with E-state index >= 15 is 0 Å². The molecule has 162 valence electrons. The molecule has 4 heterocycles. The van der Waals surface area contributed by atoms with Gasteiger partial charge in [-0.3, -0.25) is 5.10 Å². The van der Waals surface area contributed by atoms with Crippen LogP contribution in [0.3, 0.4) is 0 Å². The van der Waals surface area contributed by atoms with E-state index in [4.69, 9.17) is 4.98 Å². The molecule has 4 aromatic rings. The summed E-state index contributed by atoms with van der Waals surface area (Å²) in [5.41, 5.74) is 7.54. The number of hydrogen-bond donors (Lipinski definition) is 4. The van der Waals surface area contributed by atoms with E-state index in [1.54, 1.807) is 6.07 Å². The first kappa shape index (κ1) is 19.3. The van der Waals surface area contributed by atoms with Gasteiger partial charge in [0.05, 0.1) is 11.2 Å². The molecule has 4 N–H and O–H groups in total. The number of aromatic nitrogens is 4. The minimum atomic E-state index is 0.302. The van der Waals surface area contributed by atoms with Crippen molar-refractivity contribution in [1.29, 1.82) is 0 Å². The van der Waals surface area contributed by atoms with Crippen molar-refractivity contribution in [3.8, 4) is 28.4 Å². The lowest BCUT2D eigenvalue weighted by Gasteiger charge is -2.34. The molecule has 0 radical (unpaired) electrons. The van der Waals surface area contributed by atoms with Gasteiger partial charge in [-0.2, -0.15) is 5.10 Å². The monoisotopic (exact) mass is 425 g/mol. The van der Waals surface area contributed by atoms with E-state index in [2.05, 4.69) is 51.7 Å². The fourth-order valence-electron chi connectivity index (χ4n) is 5.24. The van der Waals surface area contributed by atoms with E-state index in [9.17, 15) is 5.11 Å². The highest BCUT2D eigenvalue weighted by molar-refractivity contribution is 5.94. The number of piperidine rings is 1. The van der Waals surface area contributed by atoms with E-state index in [1.165, 1.54) is 24.8 Å². The van der Waals surface area contributed by atoms with Crippen molar-refractivity contribution in [2.24, 2.45) is 0 Å². The molecule has 2 aliphatic rings. The average Bonchev–Trinajstić information content (AvgIpc) is 3.45. The zero-order valence-electron chi connectivity index (χ0n) is 18.2. The van der Waals surface area contributed by atoms with Crippen molar-refractivity contribution in [2.75, 3.05) is 0 Å². The van der Waals surface area contributed by atoms with Crippen molar-refractivity contribution in [1.82, 2.24) is 25.5 Å². The standard InChI is InChI=1S/C26H27N5O/c1-2-15-12-20(32)7-9-21(15)16-6-8-22-23(13-16)30-31-25(22)26-27-14-24(29-26)17-10-18-4-3-5-19(11-17)28-18/h6-10,12-14,18-19,28,32H,2-5,11H2,1H3,(H,27,29)(H,30,31). The summed E-state index contributed by atoms with van der Waals surface area (Å²) in [6.45, 7) is 2.10. The molecule has 0 amide bonds. The number of fused-ring (bicyclic) bond motifs is 3. The first-order valence-corrected chi connectivity index (χ1v) is 11.5. The van der Waals surface area contributed by atoms with E-state index < -0.39 is 0 Å². The van der Waals surface area contributed by atoms with Crippen LogP contribution in [0, 0.1) is 0 Å². The number of rotatable bonds is 4. The second-order valence-electron chi connectivity index (χ2n) is 8.96. The maximum absolute atomic E-state index is 9.83. The molecular weight excluding hydrogens is 398 g/mol. The van der Waals surface area contributed by atoms with Gasteiger partial charge >= 0.3 is 0 Å². The Morgan fingerprint density at radius 1 is 1.12 bits per heavy atom. The smallest absolute Gasteiger partial charge is 0.159 e. The number of aromatic amines is 2. The van der Waals surface area contributed by atoms with Crippen LogP contribution in [0.5, 0.6) is 5.75 Å². The number of aryl methyl sites for hydroxylation is 1. The third kappa shape index (κ3) is 3.31. The van der Waals surface area contributed by atoms with Gasteiger partial charge in [0, 0.05) is 23.7 Å². The summed E-state index contributed by atoms with van der Waals surface area (Å²) in [7, 11) is 0. The largest absolute Gasteiger partial charge is 0.508 e. The zero-order valence-corrected chi connectivity index (χ0v) is 18.2. The Kier molecular flexibility index (Phi) is 4.61. The summed E-state index contributed by atoms with van der Waals surface area (Å²) in [6.07, 6.45) is 10.0. The zero-order chi connectivity index (χ0) is 21.7. The first-order valence-electron chi connectivity index (χ1n) is 11.5. The van der Waals surface area contributed by atoms with Gasteiger partial charge < -0.3 is 15.4 Å². The Morgan fingerprint density at radius 3 is 2.94 bits per heavy atom. The number of nitrogens with zero attached hydrogens (tertiary/aromatic N) is 2. The predicted molar refractivity (Wildman–Crippen MR) is 127 cm³/mol. The molecule has 2 unspecified atom stereocenters. The lowest BCUT2D eigenvalue weighted by molar-refractivity contribution is 0.347. The molecule has 6 nitrogen and oxygen atoms in total. The molecule has 2 bridgehead atoms. The van der Waals surface area contributed by atoms with Crippen LogP contribution < -0.4 is 5.32 Å². The number of aromatic hydroxyl groups is 1. The maximum atomic E-state index is 9.83. The molecule has 2 aromatic heterocycles. The maximum Gasteiger partial charge on any atom is 0.159 e. The molecule has 2 aliphatic heterocycles. The third-order valence-corrected chi connectivity index (χ3v) is 6.86. The lowest BCUT2D eigenvalue weighted by atomic mass is 9.86. The second-order valence-corrected chi connectivity index (χ2v) is 8.96. The summed E-state index contributed by atoms with van der Waals surface area (Å²) >= 11 is 0. The first-order chi connectivity index (χ1) is 15.7. The molecule has 6 heteroatoms. The number of H-pyrrole nitrogens is 2. The number of imidazole rings is 1. The van der Waals surface area contributed by atoms with Crippen molar-refractivity contribution in [3.63, 3.8) is 0 Å². The average molecular weight is 426 g/mol. The topological polar surface area (TPSA) is 89.6 Å². The van der Waals surface area contributed by atoms with Gasteiger partial charge in [-0.25, -0.2) is 4.98 Å². The minimum absolute atomic E-state index is 0.302. The van der Waals surface area contributed by atoms with Gasteiger partial charge in [-0.05, 0) is 72.2 Å².